The maximum Gasteiger partial charge on any atom is 0.119 e. The second kappa shape index (κ2) is 11.7. The third-order valence-corrected chi connectivity index (χ3v) is 6.29. The van der Waals surface area contributed by atoms with Crippen molar-refractivity contribution in [1.29, 1.82) is 0 Å². The molecule has 0 bridgehead atoms. The predicted octanol–water partition coefficient (Wildman–Crippen LogP) is 4.17. The van der Waals surface area contributed by atoms with Crippen molar-refractivity contribution in [3.8, 4) is 11.5 Å². The Balaban J connectivity index is 0.000000243. The minimum Gasteiger partial charge on any atom is -0.491 e. The molecule has 35 heavy (non-hydrogen) atoms. The smallest absolute Gasteiger partial charge is 0.119 e. The molecule has 0 spiro atoms. The van der Waals surface area contributed by atoms with Crippen molar-refractivity contribution in [3.63, 3.8) is 0 Å². The number of rotatable bonds is 10. The van der Waals surface area contributed by atoms with Gasteiger partial charge in [0.2, 0.25) is 0 Å². The first-order valence-electron chi connectivity index (χ1n) is 12.2. The van der Waals surface area contributed by atoms with E-state index in [0.29, 0.717) is 26.3 Å². The van der Waals surface area contributed by atoms with Crippen LogP contribution in [0.15, 0.2) is 72.8 Å². The summed E-state index contributed by atoms with van der Waals surface area (Å²) >= 11 is 0. The highest BCUT2D eigenvalue weighted by atomic mass is 16.6. The van der Waals surface area contributed by atoms with Gasteiger partial charge in [0.05, 0.1) is 13.2 Å². The van der Waals surface area contributed by atoms with E-state index >= 15 is 0 Å². The van der Waals surface area contributed by atoms with Gasteiger partial charge in [-0.1, -0.05) is 62.4 Å². The molecule has 6 heteroatoms. The van der Waals surface area contributed by atoms with Crippen molar-refractivity contribution in [2.45, 2.75) is 44.6 Å². The second-order valence-electron chi connectivity index (χ2n) is 9.43. The van der Waals surface area contributed by atoms with Crippen molar-refractivity contribution in [2.75, 3.05) is 26.4 Å². The van der Waals surface area contributed by atoms with E-state index in [1.165, 1.54) is 11.1 Å². The molecule has 0 aromatic heterocycles. The maximum atomic E-state index is 5.72. The number of epoxide rings is 2. The first kappa shape index (κ1) is 25.2. The van der Waals surface area contributed by atoms with Crippen LogP contribution in [0.1, 0.15) is 36.1 Å². The van der Waals surface area contributed by atoms with Gasteiger partial charge in [0.15, 0.2) is 0 Å². The van der Waals surface area contributed by atoms with E-state index in [2.05, 4.69) is 38.1 Å². The van der Waals surface area contributed by atoms with Crippen LogP contribution in [-0.2, 0) is 28.0 Å². The number of hydrogen-bond donors (Lipinski definition) is 2. The molecule has 3 aromatic rings. The Bertz CT molecular complexity index is 978. The molecule has 2 unspecified atom stereocenters. The lowest BCUT2D eigenvalue weighted by atomic mass is 9.78. The molecule has 0 radical (unpaired) electrons. The Morgan fingerprint density at radius 1 is 0.714 bits per heavy atom. The molecule has 2 aliphatic rings. The lowest BCUT2D eigenvalue weighted by Crippen LogP contribution is -2.18. The summed E-state index contributed by atoms with van der Waals surface area (Å²) in [6.07, 6.45) is 0.562. The lowest BCUT2D eigenvalue weighted by Gasteiger charge is -2.26. The quantitative estimate of drug-likeness (QED) is 0.427. The van der Waals surface area contributed by atoms with Crippen LogP contribution >= 0.6 is 0 Å². The minimum absolute atomic E-state index is 0.0870. The van der Waals surface area contributed by atoms with Crippen LogP contribution in [0.2, 0.25) is 0 Å². The molecule has 186 valence electrons. The van der Waals surface area contributed by atoms with Gasteiger partial charge in [-0.25, -0.2) is 0 Å². The molecule has 6 nitrogen and oxygen atoms in total. The van der Waals surface area contributed by atoms with Gasteiger partial charge < -0.3 is 30.4 Å². The third-order valence-electron chi connectivity index (χ3n) is 6.29. The van der Waals surface area contributed by atoms with Gasteiger partial charge in [0.25, 0.3) is 0 Å². The van der Waals surface area contributed by atoms with Gasteiger partial charge >= 0.3 is 0 Å². The second-order valence-corrected chi connectivity index (χ2v) is 9.43. The normalized spacial score (nSPS) is 18.3. The summed E-state index contributed by atoms with van der Waals surface area (Å²) in [6.45, 7) is 8.55. The van der Waals surface area contributed by atoms with Crippen LogP contribution in [0, 0.1) is 0 Å². The highest BCUT2D eigenvalue weighted by Gasteiger charge is 2.25. The van der Waals surface area contributed by atoms with Gasteiger partial charge in [-0.05, 0) is 46.5 Å². The molecular formula is C29H36N2O4. The number of nitrogens with two attached hydrogens (primary N) is 2. The van der Waals surface area contributed by atoms with Crippen LogP contribution in [-0.4, -0.2) is 38.6 Å². The summed E-state index contributed by atoms with van der Waals surface area (Å²) < 4.78 is 21.8. The Morgan fingerprint density at radius 2 is 1.11 bits per heavy atom. The van der Waals surface area contributed by atoms with E-state index in [4.69, 9.17) is 30.4 Å². The molecule has 2 atom stereocenters. The van der Waals surface area contributed by atoms with Gasteiger partial charge in [-0.2, -0.15) is 0 Å². The number of hydrogen-bond acceptors (Lipinski definition) is 6. The van der Waals surface area contributed by atoms with Crippen molar-refractivity contribution in [2.24, 2.45) is 11.5 Å². The molecule has 2 fully saturated rings. The predicted molar refractivity (Wildman–Crippen MR) is 138 cm³/mol. The topological polar surface area (TPSA) is 95.6 Å². The summed E-state index contributed by atoms with van der Waals surface area (Å²) in [6, 6.07) is 24.7. The average molecular weight is 477 g/mol. The fourth-order valence-electron chi connectivity index (χ4n) is 3.69. The molecule has 3 aromatic carbocycles. The van der Waals surface area contributed by atoms with E-state index in [0.717, 1.165) is 35.8 Å². The number of ether oxygens (including phenoxy) is 4. The zero-order valence-electron chi connectivity index (χ0n) is 20.6. The largest absolute Gasteiger partial charge is 0.491 e. The van der Waals surface area contributed by atoms with Crippen molar-refractivity contribution < 1.29 is 18.9 Å². The van der Waals surface area contributed by atoms with Crippen LogP contribution in [0.4, 0.5) is 0 Å². The Hall–Kier alpha value is -2.90. The van der Waals surface area contributed by atoms with Gasteiger partial charge in [0, 0.05) is 18.5 Å². The van der Waals surface area contributed by atoms with E-state index in [1.54, 1.807) is 0 Å². The Labute approximate surface area is 208 Å². The average Bonchev–Trinajstić information content (AvgIpc) is 3.83. The van der Waals surface area contributed by atoms with Crippen molar-refractivity contribution in [3.05, 3.63) is 95.1 Å². The molecule has 5 rings (SSSR count). The van der Waals surface area contributed by atoms with Crippen molar-refractivity contribution in [1.82, 2.24) is 0 Å². The van der Waals surface area contributed by atoms with E-state index < -0.39 is 0 Å². The molecule has 0 aliphatic carbocycles. The van der Waals surface area contributed by atoms with E-state index in [-0.39, 0.29) is 17.6 Å². The summed E-state index contributed by atoms with van der Waals surface area (Å²) in [5.41, 5.74) is 15.6. The van der Waals surface area contributed by atoms with Crippen LogP contribution < -0.4 is 20.9 Å². The zero-order valence-corrected chi connectivity index (χ0v) is 20.6. The van der Waals surface area contributed by atoms with Crippen LogP contribution in [0.5, 0.6) is 11.5 Å². The zero-order chi connectivity index (χ0) is 24.7. The summed E-state index contributed by atoms with van der Waals surface area (Å²) in [5.74, 6) is 1.78. The standard InChI is InChI=1S/C21H24O4.C8H12N2/c1-21(2,15-3-7-17(8-4-15)22-11-19-13-24-19)16-5-9-18(10-6-16)23-12-20-14-25-20;9-5-7-2-1-3-8(4-7)6-10/h3-10,19-20H,11-14H2,1-2H3;1-4H,5-6,9-10H2. The Morgan fingerprint density at radius 3 is 1.46 bits per heavy atom. The van der Waals surface area contributed by atoms with Gasteiger partial charge in [0.1, 0.15) is 36.9 Å². The highest BCUT2D eigenvalue weighted by molar-refractivity contribution is 5.41. The lowest BCUT2D eigenvalue weighted by molar-refractivity contribution is 0.263. The van der Waals surface area contributed by atoms with Crippen LogP contribution in [0.25, 0.3) is 0 Å². The SMILES string of the molecule is CC(C)(c1ccc(OCC2CO2)cc1)c1ccc(OCC2CO2)cc1.NCc1cccc(CN)c1. The van der Waals surface area contributed by atoms with Crippen molar-refractivity contribution >= 4 is 0 Å². The van der Waals surface area contributed by atoms with E-state index in [1.807, 2.05) is 48.5 Å². The summed E-state index contributed by atoms with van der Waals surface area (Å²) in [7, 11) is 0. The van der Waals surface area contributed by atoms with E-state index in [9.17, 15) is 0 Å². The summed E-state index contributed by atoms with van der Waals surface area (Å²) in [4.78, 5) is 0. The first-order valence-corrected chi connectivity index (χ1v) is 12.2. The molecule has 2 heterocycles. The van der Waals surface area contributed by atoms with Gasteiger partial charge in [-0.3, -0.25) is 0 Å². The molecule has 4 N–H and O–H groups in total. The Kier molecular flexibility index (Phi) is 8.42. The molecule has 2 saturated heterocycles. The van der Waals surface area contributed by atoms with Crippen LogP contribution in [0.3, 0.4) is 0 Å². The highest BCUT2D eigenvalue weighted by Crippen LogP contribution is 2.33. The minimum atomic E-state index is -0.0870. The molecular weight excluding hydrogens is 440 g/mol. The van der Waals surface area contributed by atoms with Gasteiger partial charge in [-0.15, -0.1) is 0 Å². The monoisotopic (exact) mass is 476 g/mol. The molecule has 2 aliphatic heterocycles. The fourth-order valence-corrected chi connectivity index (χ4v) is 3.69. The number of benzene rings is 3. The first-order chi connectivity index (χ1) is 17.0. The maximum absolute atomic E-state index is 5.72. The molecule has 0 saturated carbocycles. The summed E-state index contributed by atoms with van der Waals surface area (Å²) in [5, 5.41) is 0. The fraction of sp³-hybridized carbons (Fsp3) is 0.379. The third kappa shape index (κ3) is 7.54. The molecule has 0 amide bonds.